The summed E-state index contributed by atoms with van der Waals surface area (Å²) in [4.78, 5) is 3.24. The van der Waals surface area contributed by atoms with E-state index in [2.05, 4.69) is 23.2 Å². The lowest BCUT2D eigenvalue weighted by molar-refractivity contribution is 0.741. The number of rotatable bonds is 2. The second kappa shape index (κ2) is 5.56. The highest BCUT2D eigenvalue weighted by Gasteiger charge is 2.03. The van der Waals surface area contributed by atoms with Crippen molar-refractivity contribution < 1.29 is 0 Å². The highest BCUT2D eigenvalue weighted by Crippen LogP contribution is 2.18. The Labute approximate surface area is 91.5 Å². The van der Waals surface area contributed by atoms with Crippen molar-refractivity contribution in [1.82, 2.24) is 4.98 Å². The molecule has 1 atom stereocenters. The molecule has 0 saturated carbocycles. The summed E-state index contributed by atoms with van der Waals surface area (Å²) in [5.41, 5.74) is 8.26. The molecule has 1 heterocycles. The Morgan fingerprint density at radius 2 is 1.93 bits per heavy atom. The van der Waals surface area contributed by atoms with Gasteiger partial charge < -0.3 is 10.7 Å². The van der Waals surface area contributed by atoms with Gasteiger partial charge in [0.1, 0.15) is 0 Å². The molecule has 0 unspecified atom stereocenters. The molecule has 0 aliphatic carbocycles. The maximum absolute atomic E-state index is 5.76. The predicted molar refractivity (Wildman–Crippen MR) is 67.0 cm³/mol. The van der Waals surface area contributed by atoms with Crippen LogP contribution in [0.15, 0.2) is 30.5 Å². The highest BCUT2D eigenvalue weighted by atomic mass is 14.7. The first kappa shape index (κ1) is 11.8. The SMILES string of the molecule is CC.C[C@@H](N)Cc1c[nH]c2ccccc12. The molecule has 82 valence electrons. The van der Waals surface area contributed by atoms with Crippen LogP contribution in [0, 0.1) is 0 Å². The number of aromatic nitrogens is 1. The van der Waals surface area contributed by atoms with Crippen LogP contribution in [-0.4, -0.2) is 11.0 Å². The second-order valence-electron chi connectivity index (χ2n) is 3.54. The summed E-state index contributed by atoms with van der Waals surface area (Å²) in [6, 6.07) is 8.53. The van der Waals surface area contributed by atoms with Gasteiger partial charge in [-0.1, -0.05) is 32.0 Å². The topological polar surface area (TPSA) is 41.8 Å². The number of nitrogens with two attached hydrogens (primary N) is 1. The van der Waals surface area contributed by atoms with Crippen molar-refractivity contribution in [2.24, 2.45) is 5.73 Å². The summed E-state index contributed by atoms with van der Waals surface area (Å²) in [7, 11) is 0. The molecule has 0 aliphatic rings. The quantitative estimate of drug-likeness (QED) is 0.775. The van der Waals surface area contributed by atoms with Crippen LogP contribution < -0.4 is 5.73 Å². The van der Waals surface area contributed by atoms with Gasteiger partial charge in [0.15, 0.2) is 0 Å². The molecule has 0 spiro atoms. The molecule has 2 rings (SSSR count). The molecule has 2 nitrogen and oxygen atoms in total. The maximum atomic E-state index is 5.76. The molecule has 0 saturated heterocycles. The predicted octanol–water partition coefficient (Wildman–Crippen LogP) is 3.08. The molecule has 0 aliphatic heterocycles. The van der Waals surface area contributed by atoms with Gasteiger partial charge in [-0.2, -0.15) is 0 Å². The van der Waals surface area contributed by atoms with Crippen LogP contribution in [0.5, 0.6) is 0 Å². The van der Waals surface area contributed by atoms with Crippen LogP contribution in [-0.2, 0) is 6.42 Å². The number of hydrogen-bond acceptors (Lipinski definition) is 1. The normalized spacial score (nSPS) is 12.0. The largest absolute Gasteiger partial charge is 0.361 e. The van der Waals surface area contributed by atoms with Crippen molar-refractivity contribution in [2.75, 3.05) is 0 Å². The minimum atomic E-state index is 0.221. The summed E-state index contributed by atoms with van der Waals surface area (Å²) in [6.45, 7) is 6.03. The van der Waals surface area contributed by atoms with E-state index in [9.17, 15) is 0 Å². The zero-order valence-corrected chi connectivity index (χ0v) is 9.75. The van der Waals surface area contributed by atoms with Gasteiger partial charge >= 0.3 is 0 Å². The molecule has 3 N–H and O–H groups in total. The Morgan fingerprint density at radius 1 is 1.27 bits per heavy atom. The molecule has 1 aromatic heterocycles. The molecule has 2 heteroatoms. The first-order valence-corrected chi connectivity index (χ1v) is 5.58. The van der Waals surface area contributed by atoms with Gasteiger partial charge in [-0.05, 0) is 25.0 Å². The van der Waals surface area contributed by atoms with Gasteiger partial charge in [0, 0.05) is 23.1 Å². The fourth-order valence-corrected chi connectivity index (χ4v) is 1.65. The Balaban J connectivity index is 0.000000531. The Kier molecular flexibility index (Phi) is 4.37. The molecule has 2 aromatic rings. The van der Waals surface area contributed by atoms with Crippen LogP contribution in [0.1, 0.15) is 26.3 Å². The van der Waals surface area contributed by atoms with Crippen LogP contribution >= 0.6 is 0 Å². The van der Waals surface area contributed by atoms with Gasteiger partial charge in [-0.3, -0.25) is 0 Å². The highest BCUT2D eigenvalue weighted by molar-refractivity contribution is 5.83. The fourth-order valence-electron chi connectivity index (χ4n) is 1.65. The third-order valence-electron chi connectivity index (χ3n) is 2.22. The van der Waals surface area contributed by atoms with Crippen molar-refractivity contribution in [3.8, 4) is 0 Å². The van der Waals surface area contributed by atoms with E-state index >= 15 is 0 Å². The van der Waals surface area contributed by atoms with E-state index in [0.29, 0.717) is 0 Å². The summed E-state index contributed by atoms with van der Waals surface area (Å²) in [5, 5.41) is 1.29. The van der Waals surface area contributed by atoms with E-state index in [-0.39, 0.29) is 6.04 Å². The number of benzene rings is 1. The minimum absolute atomic E-state index is 0.221. The lowest BCUT2D eigenvalue weighted by atomic mass is 10.1. The molecular weight excluding hydrogens is 184 g/mol. The standard InChI is InChI=1S/C11H14N2.C2H6/c1-8(12)6-9-7-13-11-5-3-2-4-10(9)11;1-2/h2-5,7-8,13H,6,12H2,1H3;1-2H3/t8-;/m1./s1. The summed E-state index contributed by atoms with van der Waals surface area (Å²) < 4.78 is 0. The third kappa shape index (κ3) is 2.83. The van der Waals surface area contributed by atoms with E-state index in [4.69, 9.17) is 5.73 Å². The Hall–Kier alpha value is -1.28. The summed E-state index contributed by atoms with van der Waals surface area (Å²) >= 11 is 0. The van der Waals surface area contributed by atoms with Crippen molar-refractivity contribution in [3.63, 3.8) is 0 Å². The van der Waals surface area contributed by atoms with Crippen LogP contribution in [0.4, 0.5) is 0 Å². The molecular formula is C13H20N2. The Morgan fingerprint density at radius 3 is 2.60 bits per heavy atom. The Bertz CT molecular complexity index is 402. The summed E-state index contributed by atoms with van der Waals surface area (Å²) in [5.74, 6) is 0. The number of para-hydroxylation sites is 1. The lowest BCUT2D eigenvalue weighted by Crippen LogP contribution is -2.17. The van der Waals surface area contributed by atoms with Gasteiger partial charge in [0.2, 0.25) is 0 Å². The van der Waals surface area contributed by atoms with Gasteiger partial charge in [-0.25, -0.2) is 0 Å². The second-order valence-corrected chi connectivity index (χ2v) is 3.54. The zero-order valence-electron chi connectivity index (χ0n) is 9.75. The van der Waals surface area contributed by atoms with Crippen LogP contribution in [0.2, 0.25) is 0 Å². The first-order chi connectivity index (χ1) is 7.27. The number of aromatic amines is 1. The summed E-state index contributed by atoms with van der Waals surface area (Å²) in [6.07, 6.45) is 2.98. The van der Waals surface area contributed by atoms with Gasteiger partial charge in [0.05, 0.1) is 0 Å². The third-order valence-corrected chi connectivity index (χ3v) is 2.22. The van der Waals surface area contributed by atoms with Gasteiger partial charge in [0.25, 0.3) is 0 Å². The zero-order chi connectivity index (χ0) is 11.3. The maximum Gasteiger partial charge on any atom is 0.0456 e. The monoisotopic (exact) mass is 204 g/mol. The first-order valence-electron chi connectivity index (χ1n) is 5.58. The number of H-pyrrole nitrogens is 1. The van der Waals surface area contributed by atoms with E-state index in [1.165, 1.54) is 16.5 Å². The molecule has 0 amide bonds. The van der Waals surface area contributed by atoms with Crippen molar-refractivity contribution in [1.29, 1.82) is 0 Å². The number of hydrogen-bond donors (Lipinski definition) is 2. The van der Waals surface area contributed by atoms with E-state index in [1.54, 1.807) is 0 Å². The smallest absolute Gasteiger partial charge is 0.0456 e. The molecule has 15 heavy (non-hydrogen) atoms. The van der Waals surface area contributed by atoms with Crippen molar-refractivity contribution in [3.05, 3.63) is 36.0 Å². The van der Waals surface area contributed by atoms with E-state index in [1.807, 2.05) is 33.0 Å². The van der Waals surface area contributed by atoms with E-state index < -0.39 is 0 Å². The molecule has 1 aromatic carbocycles. The van der Waals surface area contributed by atoms with Crippen molar-refractivity contribution in [2.45, 2.75) is 33.2 Å². The van der Waals surface area contributed by atoms with Gasteiger partial charge in [-0.15, -0.1) is 0 Å². The van der Waals surface area contributed by atoms with Crippen LogP contribution in [0.25, 0.3) is 10.9 Å². The number of fused-ring (bicyclic) bond motifs is 1. The van der Waals surface area contributed by atoms with Crippen molar-refractivity contribution >= 4 is 10.9 Å². The van der Waals surface area contributed by atoms with E-state index in [0.717, 1.165) is 6.42 Å². The fraction of sp³-hybridized carbons (Fsp3) is 0.385. The average Bonchev–Trinajstić information content (AvgIpc) is 2.64. The lowest BCUT2D eigenvalue weighted by Gasteiger charge is -2.02. The minimum Gasteiger partial charge on any atom is -0.361 e. The molecule has 0 radical (unpaired) electrons. The van der Waals surface area contributed by atoms with Crippen LogP contribution in [0.3, 0.4) is 0 Å². The molecule has 0 fully saturated rings. The average molecular weight is 204 g/mol. The molecule has 0 bridgehead atoms. The number of nitrogens with one attached hydrogen (secondary N) is 1.